The van der Waals surface area contributed by atoms with Crippen LogP contribution in [0.3, 0.4) is 0 Å². The highest BCUT2D eigenvalue weighted by molar-refractivity contribution is 5.49. The maximum atomic E-state index is 3.58. The van der Waals surface area contributed by atoms with Crippen LogP contribution in [0, 0.1) is 13.8 Å². The third-order valence-electron chi connectivity index (χ3n) is 5.84. The van der Waals surface area contributed by atoms with E-state index in [-0.39, 0.29) is 5.41 Å². The first-order valence-corrected chi connectivity index (χ1v) is 9.14. The van der Waals surface area contributed by atoms with Gasteiger partial charge in [-0.3, -0.25) is 0 Å². The van der Waals surface area contributed by atoms with Crippen LogP contribution in [0.4, 0.5) is 5.69 Å². The molecule has 2 aromatic rings. The van der Waals surface area contributed by atoms with Gasteiger partial charge >= 0.3 is 0 Å². The molecule has 2 aromatic carbocycles. The van der Waals surface area contributed by atoms with E-state index in [1.165, 1.54) is 35.2 Å². The number of benzene rings is 2. The molecule has 0 saturated heterocycles. The van der Waals surface area contributed by atoms with Crippen molar-refractivity contribution in [3.63, 3.8) is 0 Å². The van der Waals surface area contributed by atoms with Crippen molar-refractivity contribution in [1.29, 1.82) is 0 Å². The molecular formula is C23H31N. The predicted molar refractivity (Wildman–Crippen MR) is 105 cm³/mol. The lowest BCUT2D eigenvalue weighted by Crippen LogP contribution is -2.34. The molecule has 0 spiro atoms. The van der Waals surface area contributed by atoms with Crippen LogP contribution in [0.2, 0.25) is 0 Å². The van der Waals surface area contributed by atoms with E-state index in [1.54, 1.807) is 11.1 Å². The second-order valence-electron chi connectivity index (χ2n) is 8.81. The Morgan fingerprint density at radius 3 is 1.96 bits per heavy atom. The van der Waals surface area contributed by atoms with Crippen molar-refractivity contribution in [3.05, 3.63) is 64.2 Å². The maximum absolute atomic E-state index is 3.58. The van der Waals surface area contributed by atoms with Gasteiger partial charge in [0.05, 0.1) is 0 Å². The summed E-state index contributed by atoms with van der Waals surface area (Å²) >= 11 is 0. The van der Waals surface area contributed by atoms with Crippen LogP contribution < -0.4 is 5.32 Å². The van der Waals surface area contributed by atoms with E-state index in [0.29, 0.717) is 5.41 Å². The van der Waals surface area contributed by atoms with Crippen molar-refractivity contribution in [1.82, 2.24) is 0 Å². The summed E-state index contributed by atoms with van der Waals surface area (Å²) in [6.45, 7) is 14.8. The van der Waals surface area contributed by atoms with E-state index in [1.807, 2.05) is 0 Å². The van der Waals surface area contributed by atoms with Gasteiger partial charge in [0.15, 0.2) is 0 Å². The van der Waals surface area contributed by atoms with Crippen LogP contribution in [-0.4, -0.2) is 0 Å². The van der Waals surface area contributed by atoms with Crippen LogP contribution in [0.5, 0.6) is 0 Å². The number of hydrogen-bond donors (Lipinski definition) is 1. The van der Waals surface area contributed by atoms with Gasteiger partial charge in [0.2, 0.25) is 0 Å². The third-order valence-corrected chi connectivity index (χ3v) is 5.84. The third kappa shape index (κ3) is 3.22. The standard InChI is InChI=1S/C23H31N/c1-16-7-9-19(10-8-16)24-15-18-14-21-20(13-17(18)2)22(3,4)11-12-23(21,5)6/h7-10,13-14,24H,11-12,15H2,1-6H3. The summed E-state index contributed by atoms with van der Waals surface area (Å²) < 4.78 is 0. The Hall–Kier alpha value is -1.76. The van der Waals surface area contributed by atoms with Crippen LogP contribution in [-0.2, 0) is 17.4 Å². The topological polar surface area (TPSA) is 12.0 Å². The largest absolute Gasteiger partial charge is 0.381 e. The van der Waals surface area contributed by atoms with Gasteiger partial charge in [-0.1, -0.05) is 57.5 Å². The summed E-state index contributed by atoms with van der Waals surface area (Å²) in [5.41, 5.74) is 8.97. The number of fused-ring (bicyclic) bond motifs is 1. The van der Waals surface area contributed by atoms with Gasteiger partial charge in [0.1, 0.15) is 0 Å². The molecule has 0 radical (unpaired) electrons. The highest BCUT2D eigenvalue weighted by atomic mass is 14.9. The fraction of sp³-hybridized carbons (Fsp3) is 0.478. The zero-order valence-corrected chi connectivity index (χ0v) is 16.1. The molecular weight excluding hydrogens is 290 g/mol. The second-order valence-corrected chi connectivity index (χ2v) is 8.81. The molecule has 1 aliphatic rings. The molecule has 0 bridgehead atoms. The average Bonchev–Trinajstić information content (AvgIpc) is 2.52. The zero-order chi connectivity index (χ0) is 17.5. The van der Waals surface area contributed by atoms with Gasteiger partial charge in [0.25, 0.3) is 0 Å². The SMILES string of the molecule is Cc1ccc(NCc2cc3c(cc2C)C(C)(C)CCC3(C)C)cc1. The second kappa shape index (κ2) is 5.95. The Bertz CT molecular complexity index is 735. The van der Waals surface area contributed by atoms with Gasteiger partial charge in [-0.15, -0.1) is 0 Å². The minimum Gasteiger partial charge on any atom is -0.381 e. The first kappa shape index (κ1) is 17.1. The van der Waals surface area contributed by atoms with E-state index >= 15 is 0 Å². The molecule has 0 saturated carbocycles. The van der Waals surface area contributed by atoms with E-state index < -0.39 is 0 Å². The maximum Gasteiger partial charge on any atom is 0.0403 e. The summed E-state index contributed by atoms with van der Waals surface area (Å²) in [5.74, 6) is 0. The normalized spacial score (nSPS) is 18.1. The van der Waals surface area contributed by atoms with Gasteiger partial charge in [-0.2, -0.15) is 0 Å². The minimum atomic E-state index is 0.275. The summed E-state index contributed by atoms with van der Waals surface area (Å²) in [6, 6.07) is 13.6. The molecule has 0 fully saturated rings. The Morgan fingerprint density at radius 2 is 1.38 bits per heavy atom. The highest BCUT2D eigenvalue weighted by Gasteiger charge is 2.37. The summed E-state index contributed by atoms with van der Waals surface area (Å²) in [5, 5.41) is 3.58. The summed E-state index contributed by atoms with van der Waals surface area (Å²) in [4.78, 5) is 0. The molecule has 24 heavy (non-hydrogen) atoms. The van der Waals surface area contributed by atoms with Gasteiger partial charge in [0, 0.05) is 12.2 Å². The molecule has 1 N–H and O–H groups in total. The van der Waals surface area contributed by atoms with Gasteiger partial charge in [-0.05, 0) is 71.9 Å². The number of anilines is 1. The highest BCUT2D eigenvalue weighted by Crippen LogP contribution is 2.46. The van der Waals surface area contributed by atoms with E-state index in [2.05, 4.69) is 83.3 Å². The first-order chi connectivity index (χ1) is 11.2. The molecule has 0 aromatic heterocycles. The van der Waals surface area contributed by atoms with Crippen molar-refractivity contribution in [2.45, 2.75) is 71.8 Å². The first-order valence-electron chi connectivity index (χ1n) is 9.14. The molecule has 128 valence electrons. The molecule has 0 aliphatic heterocycles. The average molecular weight is 322 g/mol. The Balaban J connectivity index is 1.91. The van der Waals surface area contributed by atoms with Crippen molar-refractivity contribution in [2.24, 2.45) is 0 Å². The van der Waals surface area contributed by atoms with Crippen molar-refractivity contribution < 1.29 is 0 Å². The molecule has 1 aliphatic carbocycles. The van der Waals surface area contributed by atoms with Crippen molar-refractivity contribution in [2.75, 3.05) is 5.32 Å². The van der Waals surface area contributed by atoms with Gasteiger partial charge < -0.3 is 5.32 Å². The smallest absolute Gasteiger partial charge is 0.0403 e. The molecule has 1 nitrogen and oxygen atoms in total. The Morgan fingerprint density at radius 1 is 0.833 bits per heavy atom. The molecule has 0 atom stereocenters. The van der Waals surface area contributed by atoms with Crippen LogP contribution in [0.15, 0.2) is 36.4 Å². The van der Waals surface area contributed by atoms with Crippen LogP contribution in [0.25, 0.3) is 0 Å². The quantitative estimate of drug-likeness (QED) is 0.703. The number of nitrogens with one attached hydrogen (secondary N) is 1. The molecule has 0 amide bonds. The Kier molecular flexibility index (Phi) is 4.23. The van der Waals surface area contributed by atoms with E-state index in [4.69, 9.17) is 0 Å². The molecule has 1 heteroatoms. The van der Waals surface area contributed by atoms with E-state index in [0.717, 1.165) is 6.54 Å². The van der Waals surface area contributed by atoms with Crippen LogP contribution in [0.1, 0.15) is 68.4 Å². The molecule has 0 unspecified atom stereocenters. The Labute approximate surface area is 147 Å². The lowest BCUT2D eigenvalue weighted by Gasteiger charge is -2.42. The minimum absolute atomic E-state index is 0.275. The fourth-order valence-corrected chi connectivity index (χ4v) is 3.83. The van der Waals surface area contributed by atoms with Gasteiger partial charge in [-0.25, -0.2) is 0 Å². The van der Waals surface area contributed by atoms with Crippen molar-refractivity contribution in [3.8, 4) is 0 Å². The van der Waals surface area contributed by atoms with E-state index in [9.17, 15) is 0 Å². The number of hydrogen-bond acceptors (Lipinski definition) is 1. The number of rotatable bonds is 3. The lowest BCUT2D eigenvalue weighted by atomic mass is 9.62. The summed E-state index contributed by atoms with van der Waals surface area (Å²) in [6.07, 6.45) is 2.54. The van der Waals surface area contributed by atoms with Crippen molar-refractivity contribution >= 4 is 5.69 Å². The summed E-state index contributed by atoms with van der Waals surface area (Å²) in [7, 11) is 0. The lowest BCUT2D eigenvalue weighted by molar-refractivity contribution is 0.331. The van der Waals surface area contributed by atoms with Crippen LogP contribution >= 0.6 is 0 Å². The predicted octanol–water partition coefficient (Wildman–Crippen LogP) is 6.26. The molecule has 0 heterocycles. The monoisotopic (exact) mass is 321 g/mol. The zero-order valence-electron chi connectivity index (χ0n) is 16.1. The fourth-order valence-electron chi connectivity index (χ4n) is 3.83. The molecule has 3 rings (SSSR count). The number of aryl methyl sites for hydroxylation is 2.